The van der Waals surface area contributed by atoms with Crippen LogP contribution in [0, 0.1) is 11.3 Å². The van der Waals surface area contributed by atoms with Gasteiger partial charge in [0.1, 0.15) is 5.82 Å². The van der Waals surface area contributed by atoms with Gasteiger partial charge >= 0.3 is 0 Å². The van der Waals surface area contributed by atoms with Crippen molar-refractivity contribution >= 4 is 22.6 Å². The average molecular weight is 463 g/mol. The Labute approximate surface area is 206 Å². The summed E-state index contributed by atoms with van der Waals surface area (Å²) in [6.07, 6.45) is 5.78. The van der Waals surface area contributed by atoms with Gasteiger partial charge in [0.05, 0.1) is 22.7 Å². The zero-order valence-corrected chi connectivity index (χ0v) is 20.2. The Hall–Kier alpha value is -3.91. The van der Waals surface area contributed by atoms with E-state index in [1.54, 1.807) is 0 Å². The minimum absolute atomic E-state index is 0.209. The topological polar surface area (TPSA) is 61.9 Å². The van der Waals surface area contributed by atoms with Gasteiger partial charge in [-0.05, 0) is 60.2 Å². The molecule has 5 heteroatoms. The van der Waals surface area contributed by atoms with Crippen LogP contribution in [-0.2, 0) is 17.8 Å². The molecule has 1 aromatic heterocycles. The van der Waals surface area contributed by atoms with Gasteiger partial charge in [-0.2, -0.15) is 5.26 Å². The molecule has 0 unspecified atom stereocenters. The number of nitrogens with zero attached hydrogens (tertiary/aromatic N) is 4. The molecule has 0 saturated carbocycles. The number of hydrogen-bond donors (Lipinski definition) is 0. The Morgan fingerprint density at radius 1 is 1.03 bits per heavy atom. The minimum Gasteiger partial charge on any atom is -0.323 e. The molecule has 0 bridgehead atoms. The van der Waals surface area contributed by atoms with Gasteiger partial charge in [-0.3, -0.25) is 4.79 Å². The second-order valence-electron chi connectivity index (χ2n) is 9.25. The van der Waals surface area contributed by atoms with Crippen LogP contribution in [0.2, 0.25) is 0 Å². The van der Waals surface area contributed by atoms with Crippen molar-refractivity contribution in [2.45, 2.75) is 52.0 Å². The van der Waals surface area contributed by atoms with Gasteiger partial charge in [0, 0.05) is 31.6 Å². The highest BCUT2D eigenvalue weighted by molar-refractivity contribution is 5.96. The lowest BCUT2D eigenvalue weighted by molar-refractivity contribution is -0.119. The van der Waals surface area contributed by atoms with Crippen LogP contribution >= 0.6 is 0 Å². The molecule has 3 aromatic carbocycles. The quantitative estimate of drug-likeness (QED) is 0.316. The van der Waals surface area contributed by atoms with E-state index in [4.69, 9.17) is 4.98 Å². The predicted octanol–water partition coefficient (Wildman–Crippen LogP) is 6.48. The fraction of sp³-hybridized carbons (Fsp3) is 0.300. The van der Waals surface area contributed by atoms with Crippen molar-refractivity contribution in [1.29, 1.82) is 5.26 Å². The second-order valence-corrected chi connectivity index (χ2v) is 9.25. The standard InChI is InChI=1S/C30H30N4O/c1-2-3-10-29-32-27-17-16-25(33-18-7-6-11-30(33)35)19-28(27)34(29)21-22-12-14-23(15-13-22)26-9-5-4-8-24(26)20-31/h4-5,8-9,12-17,19H,2-3,6-7,10-11,18,21H2,1H3. The Balaban J connectivity index is 1.49. The molecule has 1 aliphatic rings. The highest BCUT2D eigenvalue weighted by Crippen LogP contribution is 2.28. The molecule has 2 heterocycles. The van der Waals surface area contributed by atoms with Crippen molar-refractivity contribution in [3.63, 3.8) is 0 Å². The zero-order valence-electron chi connectivity index (χ0n) is 20.2. The maximum atomic E-state index is 12.5. The predicted molar refractivity (Wildman–Crippen MR) is 140 cm³/mol. The maximum Gasteiger partial charge on any atom is 0.226 e. The molecule has 5 nitrogen and oxygen atoms in total. The largest absolute Gasteiger partial charge is 0.323 e. The van der Waals surface area contributed by atoms with E-state index in [9.17, 15) is 10.1 Å². The fourth-order valence-electron chi connectivity index (χ4n) is 4.91. The van der Waals surface area contributed by atoms with E-state index in [-0.39, 0.29) is 5.91 Å². The summed E-state index contributed by atoms with van der Waals surface area (Å²) >= 11 is 0. The van der Waals surface area contributed by atoms with E-state index in [1.807, 2.05) is 35.2 Å². The maximum absolute atomic E-state index is 12.5. The summed E-state index contributed by atoms with van der Waals surface area (Å²) in [5.41, 5.74) is 6.87. The molecule has 1 saturated heterocycles. The summed E-state index contributed by atoms with van der Waals surface area (Å²) in [6.45, 7) is 3.70. The van der Waals surface area contributed by atoms with E-state index in [0.717, 1.165) is 72.3 Å². The summed E-state index contributed by atoms with van der Waals surface area (Å²) in [5.74, 6) is 1.30. The Morgan fingerprint density at radius 3 is 2.63 bits per heavy atom. The van der Waals surface area contributed by atoms with E-state index in [0.29, 0.717) is 18.5 Å². The first kappa shape index (κ1) is 22.9. The van der Waals surface area contributed by atoms with Crippen molar-refractivity contribution in [3.05, 3.63) is 83.7 Å². The molecule has 176 valence electrons. The van der Waals surface area contributed by atoms with Gasteiger partial charge in [0.15, 0.2) is 0 Å². The van der Waals surface area contributed by atoms with Crippen molar-refractivity contribution in [2.75, 3.05) is 11.4 Å². The summed E-state index contributed by atoms with van der Waals surface area (Å²) < 4.78 is 2.31. The number of anilines is 1. The lowest BCUT2D eigenvalue weighted by Gasteiger charge is -2.26. The third kappa shape index (κ3) is 4.70. The monoisotopic (exact) mass is 462 g/mol. The Kier molecular flexibility index (Phi) is 6.63. The van der Waals surface area contributed by atoms with Crippen LogP contribution in [-0.4, -0.2) is 22.0 Å². The number of hydrogen-bond acceptors (Lipinski definition) is 3. The SMILES string of the molecule is CCCCc1nc2ccc(N3CCCCC3=O)cc2n1Cc1ccc(-c2ccccc2C#N)cc1. The van der Waals surface area contributed by atoms with Gasteiger partial charge < -0.3 is 9.47 Å². The molecule has 1 fully saturated rings. The Bertz CT molecular complexity index is 1390. The number of rotatable bonds is 7. The van der Waals surface area contributed by atoms with Crippen LogP contribution in [0.25, 0.3) is 22.2 Å². The minimum atomic E-state index is 0.209. The molecule has 5 rings (SSSR count). The number of aromatic nitrogens is 2. The van der Waals surface area contributed by atoms with Gasteiger partial charge in [-0.1, -0.05) is 55.8 Å². The van der Waals surface area contributed by atoms with Crippen LogP contribution in [0.15, 0.2) is 66.7 Å². The van der Waals surface area contributed by atoms with Crippen LogP contribution in [0.3, 0.4) is 0 Å². The van der Waals surface area contributed by atoms with E-state index >= 15 is 0 Å². The highest BCUT2D eigenvalue weighted by Gasteiger charge is 2.21. The molecule has 35 heavy (non-hydrogen) atoms. The number of amides is 1. The third-order valence-corrected chi connectivity index (χ3v) is 6.85. The average Bonchev–Trinajstić information content (AvgIpc) is 3.24. The van der Waals surface area contributed by atoms with Gasteiger partial charge in [0.25, 0.3) is 0 Å². The number of benzene rings is 3. The first-order valence-electron chi connectivity index (χ1n) is 12.6. The van der Waals surface area contributed by atoms with Crippen molar-refractivity contribution in [3.8, 4) is 17.2 Å². The normalized spacial score (nSPS) is 13.8. The third-order valence-electron chi connectivity index (χ3n) is 6.85. The molecule has 0 N–H and O–H groups in total. The number of unbranched alkanes of at least 4 members (excludes halogenated alkanes) is 1. The summed E-state index contributed by atoms with van der Waals surface area (Å²) in [7, 11) is 0. The van der Waals surface area contributed by atoms with Crippen molar-refractivity contribution in [2.24, 2.45) is 0 Å². The summed E-state index contributed by atoms with van der Waals surface area (Å²) in [4.78, 5) is 19.4. The first-order chi connectivity index (χ1) is 17.2. The van der Waals surface area contributed by atoms with Crippen LogP contribution in [0.4, 0.5) is 5.69 Å². The Morgan fingerprint density at radius 2 is 1.86 bits per heavy atom. The van der Waals surface area contributed by atoms with E-state index < -0.39 is 0 Å². The number of fused-ring (bicyclic) bond motifs is 1. The lowest BCUT2D eigenvalue weighted by atomic mass is 9.99. The number of nitriles is 1. The van der Waals surface area contributed by atoms with Crippen molar-refractivity contribution < 1.29 is 4.79 Å². The molecule has 0 radical (unpaired) electrons. The highest BCUT2D eigenvalue weighted by atomic mass is 16.2. The molecule has 4 aromatic rings. The molecule has 0 aliphatic carbocycles. The molecule has 0 atom stereocenters. The molecule has 1 aliphatic heterocycles. The van der Waals surface area contributed by atoms with Gasteiger partial charge in [-0.25, -0.2) is 4.98 Å². The van der Waals surface area contributed by atoms with Crippen LogP contribution in [0.1, 0.15) is 56.0 Å². The van der Waals surface area contributed by atoms with Crippen molar-refractivity contribution in [1.82, 2.24) is 9.55 Å². The summed E-state index contributed by atoms with van der Waals surface area (Å²) in [6, 6.07) is 24.7. The van der Waals surface area contributed by atoms with Crippen LogP contribution in [0.5, 0.6) is 0 Å². The number of imidazole rings is 1. The molecule has 0 spiro atoms. The number of carbonyl (C=O) groups excluding carboxylic acids is 1. The first-order valence-corrected chi connectivity index (χ1v) is 12.6. The number of aryl methyl sites for hydroxylation is 1. The fourth-order valence-corrected chi connectivity index (χ4v) is 4.91. The lowest BCUT2D eigenvalue weighted by Crippen LogP contribution is -2.35. The summed E-state index contributed by atoms with van der Waals surface area (Å²) in [5, 5.41) is 9.46. The molecule has 1 amide bonds. The number of piperidine rings is 1. The smallest absolute Gasteiger partial charge is 0.226 e. The van der Waals surface area contributed by atoms with E-state index in [2.05, 4.69) is 54.0 Å². The zero-order chi connectivity index (χ0) is 24.2. The van der Waals surface area contributed by atoms with Gasteiger partial charge in [-0.15, -0.1) is 0 Å². The van der Waals surface area contributed by atoms with Crippen LogP contribution < -0.4 is 4.90 Å². The second kappa shape index (κ2) is 10.1. The van der Waals surface area contributed by atoms with E-state index in [1.165, 1.54) is 5.56 Å². The van der Waals surface area contributed by atoms with Gasteiger partial charge in [0.2, 0.25) is 5.91 Å². The molecular formula is C30H30N4O. The number of carbonyl (C=O) groups is 1. The molecular weight excluding hydrogens is 432 g/mol.